The zero-order valence-electron chi connectivity index (χ0n) is 23.7. The first-order valence-electron chi connectivity index (χ1n) is 13.1. The Bertz CT molecular complexity index is 1500. The van der Waals surface area contributed by atoms with Crippen LogP contribution in [-0.2, 0) is 42.8 Å². The molecule has 0 aliphatic carbocycles. The number of ether oxygens (including phenoxy) is 2. The van der Waals surface area contributed by atoms with Gasteiger partial charge in [-0.05, 0) is 41.9 Å². The zero-order valence-corrected chi connectivity index (χ0v) is 26.1. The number of phosphoric acid groups is 1. The molecule has 2 fully saturated rings. The summed E-state index contributed by atoms with van der Waals surface area (Å²) in [4.78, 5) is 28.5. The van der Waals surface area contributed by atoms with Gasteiger partial charge in [0.05, 0.1) is 31.4 Å². The molecule has 6 N–H and O–H groups in total. The molecule has 2 aromatic heterocycles. The molecule has 6 atom stereocenters. The lowest BCUT2D eigenvalue weighted by Gasteiger charge is -2.39. The molecule has 2 aromatic rings. The monoisotopic (exact) mass is 691 g/mol. The number of nitrogens with two attached hydrogens (primary N) is 2. The van der Waals surface area contributed by atoms with Gasteiger partial charge in [0.1, 0.15) is 23.8 Å². The molecular weight excluding hydrogens is 660 g/mol. The number of aromatic nitrogens is 3. The summed E-state index contributed by atoms with van der Waals surface area (Å²) in [6, 6.07) is 4.45. The lowest BCUT2D eigenvalue weighted by Crippen LogP contribution is -2.50. The largest absolute Gasteiger partial charge is 0.475 e. The molecule has 2 aliphatic rings. The third-order valence-corrected chi connectivity index (χ3v) is 9.17. The average molecular weight is 692 g/mol. The number of nitrogen functional groups attached to an aromatic ring is 2. The van der Waals surface area contributed by atoms with Gasteiger partial charge in [0, 0.05) is 12.0 Å². The molecule has 0 aromatic carbocycles. The Hall–Kier alpha value is -2.91. The van der Waals surface area contributed by atoms with E-state index in [0.29, 0.717) is 0 Å². The summed E-state index contributed by atoms with van der Waals surface area (Å²) in [5, 5.41) is 27.5. The molecule has 19 heteroatoms. The maximum atomic E-state index is 16.2. The van der Waals surface area contributed by atoms with Gasteiger partial charge in [0.15, 0.2) is 11.9 Å². The van der Waals surface area contributed by atoms with Crippen LogP contribution < -0.4 is 16.8 Å². The Kier molecular flexibility index (Phi) is 9.12. The van der Waals surface area contributed by atoms with E-state index in [1.54, 1.807) is 33.8 Å². The van der Waals surface area contributed by atoms with Gasteiger partial charge >= 0.3 is 13.8 Å². The molecule has 4 heterocycles. The molecular formula is C24H32BrFN7O9P. The number of esters is 1. The second-order valence-corrected chi connectivity index (χ2v) is 13.7. The normalized spacial score (nSPS) is 32.0. The molecule has 0 bridgehead atoms. The minimum Gasteiger partial charge on any atom is -0.463 e. The molecule has 0 radical (unpaired) electrons. The van der Waals surface area contributed by atoms with E-state index in [4.69, 9.17) is 34.5 Å². The van der Waals surface area contributed by atoms with E-state index in [1.807, 2.05) is 0 Å². The van der Waals surface area contributed by atoms with Crippen molar-refractivity contribution < 1.29 is 46.7 Å². The molecule has 2 unspecified atom stereocenters. The number of carbonyl (C=O) groups excluding carboxylic acids is 2. The highest BCUT2D eigenvalue weighted by Crippen LogP contribution is 2.59. The number of alkyl halides is 2. The van der Waals surface area contributed by atoms with Gasteiger partial charge in [-0.3, -0.25) is 23.2 Å². The van der Waals surface area contributed by atoms with Gasteiger partial charge in [0.2, 0.25) is 22.0 Å². The lowest BCUT2D eigenvalue weighted by atomic mass is 9.87. The fourth-order valence-corrected chi connectivity index (χ4v) is 6.93. The fourth-order valence-electron chi connectivity index (χ4n) is 4.59. The number of nitrogens with zero attached hydrogens (tertiary/aromatic N) is 4. The van der Waals surface area contributed by atoms with Crippen molar-refractivity contribution in [2.75, 3.05) is 31.2 Å². The lowest BCUT2D eigenvalue weighted by molar-refractivity contribution is -0.147. The van der Waals surface area contributed by atoms with Gasteiger partial charge in [-0.15, -0.1) is 5.10 Å². The average Bonchev–Trinajstić information content (AvgIpc) is 3.41. The third-order valence-electron chi connectivity index (χ3n) is 6.76. The van der Waals surface area contributed by atoms with Crippen LogP contribution in [0.3, 0.4) is 0 Å². The van der Waals surface area contributed by atoms with Crippen LogP contribution >= 0.6 is 23.8 Å². The Labute approximate surface area is 253 Å². The first-order chi connectivity index (χ1) is 20.0. The van der Waals surface area contributed by atoms with Crippen molar-refractivity contribution in [1.82, 2.24) is 19.9 Å². The van der Waals surface area contributed by atoms with Crippen molar-refractivity contribution >= 4 is 52.9 Å². The van der Waals surface area contributed by atoms with E-state index in [2.05, 4.69) is 31.3 Å². The summed E-state index contributed by atoms with van der Waals surface area (Å²) < 4.78 is 54.6. The number of carbonyl (C=O) groups is 2. The number of amides is 1. The Balaban J connectivity index is 1.49. The number of aliphatic hydroxyl groups excluding tert-OH is 1. The van der Waals surface area contributed by atoms with Gasteiger partial charge in [-0.2, -0.15) is 10.2 Å². The molecule has 2 saturated heterocycles. The summed E-state index contributed by atoms with van der Waals surface area (Å²) >= 11 is 2.79. The van der Waals surface area contributed by atoms with Crippen molar-refractivity contribution in [3.63, 3.8) is 0 Å². The van der Waals surface area contributed by atoms with Crippen LogP contribution in [0.2, 0.25) is 0 Å². The van der Waals surface area contributed by atoms with Crippen LogP contribution in [0.1, 0.15) is 39.8 Å². The summed E-state index contributed by atoms with van der Waals surface area (Å²) in [5.41, 5.74) is 8.07. The SMILES string of the molecule is CC(C)OC(=O)CCNC(=O)[C@@H]1OP(=O)(OC[C@H]2O[C@@](C#N)(c3ccc4c(N)nc(N)nn34)C(F)(Br)[C@H]2O)OCC1(C)C. The minimum absolute atomic E-state index is 0.0500. The topological polar surface area (TPSA) is 236 Å². The number of aliphatic hydroxyl groups is 1. The zero-order chi connectivity index (χ0) is 32.0. The number of anilines is 2. The van der Waals surface area contributed by atoms with Gasteiger partial charge < -0.3 is 31.4 Å². The van der Waals surface area contributed by atoms with E-state index in [1.165, 1.54) is 12.1 Å². The molecule has 0 saturated carbocycles. The number of rotatable bonds is 9. The van der Waals surface area contributed by atoms with Gasteiger partial charge in [0.25, 0.3) is 0 Å². The highest BCUT2D eigenvalue weighted by Gasteiger charge is 2.69. The quantitative estimate of drug-likeness (QED) is 0.166. The summed E-state index contributed by atoms with van der Waals surface area (Å²) in [7, 11) is -4.48. The summed E-state index contributed by atoms with van der Waals surface area (Å²) in [6.45, 7) is 5.56. The van der Waals surface area contributed by atoms with Crippen molar-refractivity contribution in [3.8, 4) is 6.07 Å². The highest BCUT2D eigenvalue weighted by atomic mass is 79.9. The summed E-state index contributed by atoms with van der Waals surface area (Å²) in [5.74, 6) is -1.51. The predicted octanol–water partition coefficient (Wildman–Crippen LogP) is 1.46. The molecule has 1 amide bonds. The van der Waals surface area contributed by atoms with Crippen molar-refractivity contribution in [3.05, 3.63) is 17.8 Å². The van der Waals surface area contributed by atoms with E-state index in [9.17, 15) is 24.5 Å². The molecule has 43 heavy (non-hydrogen) atoms. The third kappa shape index (κ3) is 6.21. The van der Waals surface area contributed by atoms with Crippen molar-refractivity contribution in [1.29, 1.82) is 5.26 Å². The van der Waals surface area contributed by atoms with Gasteiger partial charge in [-0.1, -0.05) is 13.8 Å². The smallest absolute Gasteiger partial charge is 0.463 e. The van der Waals surface area contributed by atoms with Crippen molar-refractivity contribution in [2.24, 2.45) is 5.41 Å². The minimum atomic E-state index is -4.48. The van der Waals surface area contributed by atoms with Crippen molar-refractivity contribution in [2.45, 2.75) is 68.7 Å². The second kappa shape index (κ2) is 11.9. The molecule has 236 valence electrons. The first-order valence-corrected chi connectivity index (χ1v) is 15.3. The maximum Gasteiger partial charge on any atom is 0.475 e. The predicted molar refractivity (Wildman–Crippen MR) is 150 cm³/mol. The fraction of sp³-hybridized carbons (Fsp3) is 0.625. The van der Waals surface area contributed by atoms with Crippen LogP contribution in [0.25, 0.3) is 5.52 Å². The highest BCUT2D eigenvalue weighted by molar-refractivity contribution is 9.10. The Morgan fingerprint density at radius 3 is 2.74 bits per heavy atom. The molecule has 16 nitrogen and oxygen atoms in total. The van der Waals surface area contributed by atoms with Crippen LogP contribution in [-0.4, -0.2) is 80.3 Å². The number of nitrogens with one attached hydrogen (secondary N) is 1. The second-order valence-electron chi connectivity index (χ2n) is 11.0. The Morgan fingerprint density at radius 1 is 1.40 bits per heavy atom. The van der Waals surface area contributed by atoms with Crippen LogP contribution in [0.4, 0.5) is 16.2 Å². The number of hydrogen-bond acceptors (Lipinski definition) is 14. The van der Waals surface area contributed by atoms with Crippen LogP contribution in [0, 0.1) is 16.7 Å². The number of nitriles is 1. The van der Waals surface area contributed by atoms with E-state index in [-0.39, 0.29) is 48.7 Å². The van der Waals surface area contributed by atoms with E-state index >= 15 is 4.39 Å². The maximum absolute atomic E-state index is 16.2. The standard InChI is InChI=1S/C24H32BrFN7O9P/c1-12(2)40-16(34)7-8-30-20(36)18-22(3,4)11-39-43(37,42-18)38-9-14-17(35)24(25,26)23(10-27,41-14)15-6-5-13-19(28)31-21(29)32-33(13)15/h5-6,12,14,17-18,35H,7-9,11H2,1-4H3,(H,30,36)(H4,28,29,31,32)/t14-,17+,18+,23+,24?,43?/m1/s1. The molecule has 0 spiro atoms. The van der Waals surface area contributed by atoms with Crippen LogP contribution in [0.5, 0.6) is 0 Å². The van der Waals surface area contributed by atoms with Crippen LogP contribution in [0.15, 0.2) is 12.1 Å². The molecule has 4 rings (SSSR count). The number of phosphoric ester groups is 1. The first kappa shape index (κ1) is 33.0. The van der Waals surface area contributed by atoms with Gasteiger partial charge in [-0.25, -0.2) is 13.5 Å². The van der Waals surface area contributed by atoms with E-state index < -0.39 is 60.2 Å². The van der Waals surface area contributed by atoms with E-state index in [0.717, 1.165) is 4.52 Å². The molecule has 2 aliphatic heterocycles. The number of hydrogen-bond donors (Lipinski definition) is 4. The number of halogens is 2. The number of fused-ring (bicyclic) bond motifs is 1. The summed E-state index contributed by atoms with van der Waals surface area (Å²) in [6.07, 6.45) is -5.39. The Morgan fingerprint density at radius 2 is 2.09 bits per heavy atom.